The van der Waals surface area contributed by atoms with Crippen LogP contribution in [0.25, 0.3) is 0 Å². The number of benzene rings is 1. The summed E-state index contributed by atoms with van der Waals surface area (Å²) in [6.07, 6.45) is 3.83. The smallest absolute Gasteiger partial charge is 0.229 e. The van der Waals surface area contributed by atoms with Crippen LogP contribution < -0.4 is 20.1 Å². The second-order valence-corrected chi connectivity index (χ2v) is 8.16. The van der Waals surface area contributed by atoms with Gasteiger partial charge in [0.1, 0.15) is 5.75 Å². The van der Waals surface area contributed by atoms with Crippen LogP contribution in [0.1, 0.15) is 12.6 Å². The number of sulfonamides is 1. The minimum Gasteiger partial charge on any atom is -0.497 e. The van der Waals surface area contributed by atoms with Gasteiger partial charge in [-0.3, -0.25) is 9.40 Å². The molecule has 0 saturated heterocycles. The summed E-state index contributed by atoms with van der Waals surface area (Å²) in [7, 11) is -2.12. The van der Waals surface area contributed by atoms with Crippen molar-refractivity contribution in [2.24, 2.45) is 0 Å². The first kappa shape index (κ1) is 21.3. The Bertz CT molecular complexity index is 1160. The van der Waals surface area contributed by atoms with Gasteiger partial charge in [-0.2, -0.15) is 10.1 Å². The van der Waals surface area contributed by atoms with E-state index < -0.39 is 15.8 Å². The minimum atomic E-state index is -3.57. The molecule has 0 spiro atoms. The molecule has 3 rings (SSSR count). The highest BCUT2D eigenvalue weighted by molar-refractivity contribution is 7.92. The third-order valence-electron chi connectivity index (χ3n) is 4.04. The molecule has 0 fully saturated rings. The SMILES string of the molecule is CCn1cc(Nc2ncc(F)c(Nc3ccc(OC)cc3NS(C)(=O)=O)n2)c(C)n1. The average molecular weight is 435 g/mol. The zero-order chi connectivity index (χ0) is 21.9. The molecule has 2 aromatic heterocycles. The van der Waals surface area contributed by atoms with Crippen LogP contribution in [0.2, 0.25) is 0 Å². The molecule has 30 heavy (non-hydrogen) atoms. The summed E-state index contributed by atoms with van der Waals surface area (Å²) in [5.41, 5.74) is 1.91. The predicted octanol–water partition coefficient (Wildman–Crippen LogP) is 3.01. The quantitative estimate of drug-likeness (QED) is 0.493. The Morgan fingerprint density at radius 3 is 2.60 bits per heavy atom. The van der Waals surface area contributed by atoms with Crippen LogP contribution >= 0.6 is 0 Å². The van der Waals surface area contributed by atoms with E-state index >= 15 is 0 Å². The Hall–Kier alpha value is -3.41. The topological polar surface area (TPSA) is 123 Å². The van der Waals surface area contributed by atoms with Crippen LogP contribution in [0.15, 0.2) is 30.6 Å². The molecule has 0 amide bonds. The first-order valence-corrected chi connectivity index (χ1v) is 10.8. The maximum atomic E-state index is 14.4. The molecule has 160 valence electrons. The number of ether oxygens (including phenoxy) is 1. The molecule has 0 aliphatic heterocycles. The molecule has 12 heteroatoms. The van der Waals surface area contributed by atoms with Crippen LogP contribution in [-0.4, -0.2) is 41.5 Å². The van der Waals surface area contributed by atoms with Gasteiger partial charge in [0.15, 0.2) is 11.6 Å². The normalized spacial score (nSPS) is 11.2. The molecule has 0 aliphatic rings. The zero-order valence-corrected chi connectivity index (χ0v) is 17.7. The van der Waals surface area contributed by atoms with Gasteiger partial charge in [0, 0.05) is 18.8 Å². The fourth-order valence-corrected chi connectivity index (χ4v) is 3.18. The molecule has 0 unspecified atom stereocenters. The number of methoxy groups -OCH3 is 1. The third-order valence-corrected chi connectivity index (χ3v) is 4.63. The molecule has 0 aliphatic carbocycles. The highest BCUT2D eigenvalue weighted by Gasteiger charge is 2.14. The Kier molecular flexibility index (Phi) is 6.06. The number of anilines is 5. The lowest BCUT2D eigenvalue weighted by Gasteiger charge is -2.14. The summed E-state index contributed by atoms with van der Waals surface area (Å²) < 4.78 is 47.0. The fourth-order valence-electron chi connectivity index (χ4n) is 2.61. The molecule has 0 radical (unpaired) electrons. The van der Waals surface area contributed by atoms with Crippen LogP contribution in [0.3, 0.4) is 0 Å². The van der Waals surface area contributed by atoms with E-state index in [4.69, 9.17) is 4.74 Å². The summed E-state index contributed by atoms with van der Waals surface area (Å²) in [6, 6.07) is 4.64. The first-order valence-electron chi connectivity index (χ1n) is 8.95. The van der Waals surface area contributed by atoms with E-state index in [0.29, 0.717) is 23.7 Å². The van der Waals surface area contributed by atoms with Gasteiger partial charge < -0.3 is 15.4 Å². The average Bonchev–Trinajstić information content (AvgIpc) is 3.04. The number of nitrogens with zero attached hydrogens (tertiary/aromatic N) is 4. The molecule has 1 aromatic carbocycles. The van der Waals surface area contributed by atoms with Crippen LogP contribution in [-0.2, 0) is 16.6 Å². The van der Waals surface area contributed by atoms with E-state index in [1.54, 1.807) is 23.0 Å². The molecule has 10 nitrogen and oxygen atoms in total. The van der Waals surface area contributed by atoms with Crippen molar-refractivity contribution in [1.82, 2.24) is 19.7 Å². The highest BCUT2D eigenvalue weighted by atomic mass is 32.2. The lowest BCUT2D eigenvalue weighted by molar-refractivity contribution is 0.415. The van der Waals surface area contributed by atoms with Crippen molar-refractivity contribution in [3.8, 4) is 5.75 Å². The standard InChI is InChI=1S/C18H22FN7O3S/c1-5-26-10-16(11(2)24-26)22-18-20-9-13(19)17(23-18)21-14-7-6-12(29-3)8-15(14)25-30(4,27)28/h6-10,25H,5H2,1-4H3,(H2,20,21,22,23). The molecule has 0 atom stereocenters. The Labute approximate surface area is 173 Å². The maximum absolute atomic E-state index is 14.4. The third kappa shape index (κ3) is 5.14. The number of hydrogen-bond donors (Lipinski definition) is 3. The van der Waals surface area contributed by atoms with Gasteiger partial charge in [-0.15, -0.1) is 0 Å². The number of aryl methyl sites for hydroxylation is 2. The van der Waals surface area contributed by atoms with Crippen molar-refractivity contribution >= 4 is 38.9 Å². The van der Waals surface area contributed by atoms with Gasteiger partial charge in [-0.25, -0.2) is 17.8 Å². The number of halogens is 1. The number of rotatable bonds is 8. The second-order valence-electron chi connectivity index (χ2n) is 6.41. The van der Waals surface area contributed by atoms with Crippen molar-refractivity contribution in [2.75, 3.05) is 28.7 Å². The van der Waals surface area contributed by atoms with Gasteiger partial charge in [0.2, 0.25) is 16.0 Å². The zero-order valence-electron chi connectivity index (χ0n) is 16.9. The van der Waals surface area contributed by atoms with Gasteiger partial charge in [0.05, 0.1) is 42.3 Å². The van der Waals surface area contributed by atoms with E-state index in [9.17, 15) is 12.8 Å². The molecule has 3 aromatic rings. The summed E-state index contributed by atoms with van der Waals surface area (Å²) in [6.45, 7) is 4.49. The molecule has 3 N–H and O–H groups in total. The van der Waals surface area contributed by atoms with E-state index in [1.807, 2.05) is 13.8 Å². The van der Waals surface area contributed by atoms with Crippen molar-refractivity contribution in [3.05, 3.63) is 42.1 Å². The van der Waals surface area contributed by atoms with E-state index in [-0.39, 0.29) is 17.5 Å². The Balaban J connectivity index is 1.91. The number of hydrogen-bond acceptors (Lipinski definition) is 8. The molecule has 0 bridgehead atoms. The Morgan fingerprint density at radius 2 is 1.97 bits per heavy atom. The van der Waals surface area contributed by atoms with Crippen LogP contribution in [0, 0.1) is 12.7 Å². The molecular weight excluding hydrogens is 413 g/mol. The highest BCUT2D eigenvalue weighted by Crippen LogP contribution is 2.31. The van der Waals surface area contributed by atoms with Gasteiger partial charge >= 0.3 is 0 Å². The minimum absolute atomic E-state index is 0.130. The summed E-state index contributed by atoms with van der Waals surface area (Å²) in [4.78, 5) is 8.12. The van der Waals surface area contributed by atoms with Gasteiger partial charge in [-0.1, -0.05) is 0 Å². The van der Waals surface area contributed by atoms with Crippen LogP contribution in [0.4, 0.5) is 33.2 Å². The fraction of sp³-hybridized carbons (Fsp3) is 0.278. The summed E-state index contributed by atoms with van der Waals surface area (Å²) in [5, 5.41) is 10.1. The van der Waals surface area contributed by atoms with Gasteiger partial charge in [0.25, 0.3) is 0 Å². The summed E-state index contributed by atoms with van der Waals surface area (Å²) in [5.74, 6) is -0.248. The lowest BCUT2D eigenvalue weighted by Crippen LogP contribution is -2.12. The largest absolute Gasteiger partial charge is 0.497 e. The van der Waals surface area contributed by atoms with E-state index in [1.165, 1.54) is 13.2 Å². The lowest BCUT2D eigenvalue weighted by atomic mass is 10.2. The van der Waals surface area contributed by atoms with Gasteiger partial charge in [-0.05, 0) is 26.0 Å². The molecular formula is C18H22FN7O3S. The monoisotopic (exact) mass is 435 g/mol. The van der Waals surface area contributed by atoms with Crippen molar-refractivity contribution in [1.29, 1.82) is 0 Å². The maximum Gasteiger partial charge on any atom is 0.229 e. The number of aromatic nitrogens is 4. The van der Waals surface area contributed by atoms with Crippen molar-refractivity contribution in [2.45, 2.75) is 20.4 Å². The van der Waals surface area contributed by atoms with Crippen molar-refractivity contribution < 1.29 is 17.5 Å². The second kappa shape index (κ2) is 8.53. The number of nitrogens with one attached hydrogen (secondary N) is 3. The molecule has 0 saturated carbocycles. The Morgan fingerprint density at radius 1 is 1.20 bits per heavy atom. The first-order chi connectivity index (χ1) is 14.2. The van der Waals surface area contributed by atoms with Crippen molar-refractivity contribution in [3.63, 3.8) is 0 Å². The van der Waals surface area contributed by atoms with Crippen LogP contribution in [0.5, 0.6) is 5.75 Å². The summed E-state index contributed by atoms with van der Waals surface area (Å²) >= 11 is 0. The molecule has 2 heterocycles. The predicted molar refractivity (Wildman–Crippen MR) is 113 cm³/mol. The van der Waals surface area contributed by atoms with E-state index in [2.05, 4.69) is 30.4 Å². The van der Waals surface area contributed by atoms with E-state index in [0.717, 1.165) is 18.1 Å².